The third-order valence-corrected chi connectivity index (χ3v) is 7.67. The van der Waals surface area contributed by atoms with Gasteiger partial charge >= 0.3 is 0 Å². The number of nitrogens with zero attached hydrogens (tertiary/aromatic N) is 1. The van der Waals surface area contributed by atoms with E-state index in [0.717, 1.165) is 19.4 Å². The van der Waals surface area contributed by atoms with Crippen molar-refractivity contribution >= 4 is 46.3 Å². The van der Waals surface area contributed by atoms with Crippen LogP contribution in [0.5, 0.6) is 0 Å². The fraction of sp³-hybridized carbons (Fsp3) is 0.360. The van der Waals surface area contributed by atoms with E-state index in [-0.39, 0.29) is 4.75 Å². The Morgan fingerprint density at radius 2 is 2.00 bits per heavy atom. The maximum absolute atomic E-state index is 10.5. The molecule has 0 spiro atoms. The van der Waals surface area contributed by atoms with E-state index in [4.69, 9.17) is 6.42 Å². The molecule has 0 unspecified atom stereocenters. The zero-order valence-electron chi connectivity index (χ0n) is 18.1. The summed E-state index contributed by atoms with van der Waals surface area (Å²) in [4.78, 5) is 0. The molecule has 3 rings (SSSR count). The van der Waals surface area contributed by atoms with Crippen LogP contribution in [0.1, 0.15) is 51.8 Å². The monoisotopic (exact) mass is 403 g/mol. The topological polar surface area (TPSA) is 25.2 Å². The minimum absolute atomic E-state index is 0.241. The molecule has 0 radical (unpaired) electrons. The Hall–Kier alpha value is -2.09. The van der Waals surface area contributed by atoms with Crippen LogP contribution in [-0.4, -0.2) is 26.6 Å². The first-order valence-corrected chi connectivity index (χ1v) is 11.1. The Balaban J connectivity index is 2.07. The predicted molar refractivity (Wildman–Crippen MR) is 132 cm³/mol. The van der Waals surface area contributed by atoms with Crippen LogP contribution in [0.4, 0.5) is 0 Å². The standard InChI is InChI=1S/C25H30BNOS/c1-7-8-14-21-18(2)27(20-12-10-9-11-13-20)23-17-19(15-16-22(21)23)26-29-25(5,6)24(3,4)28/h1,8,10,12-17,26,28H,9,11H2,2-6H3/b14-8-. The summed E-state index contributed by atoms with van der Waals surface area (Å²) in [5, 5.41) is 11.7. The second kappa shape index (κ2) is 8.34. The molecule has 29 heavy (non-hydrogen) atoms. The van der Waals surface area contributed by atoms with Gasteiger partial charge in [0, 0.05) is 27.1 Å². The Labute approximate surface area is 179 Å². The smallest absolute Gasteiger partial charge is 0.225 e. The summed E-state index contributed by atoms with van der Waals surface area (Å²) in [6.07, 6.45) is 18.2. The van der Waals surface area contributed by atoms with Gasteiger partial charge < -0.3 is 9.67 Å². The van der Waals surface area contributed by atoms with Gasteiger partial charge in [-0.25, -0.2) is 0 Å². The summed E-state index contributed by atoms with van der Waals surface area (Å²) in [5.74, 6) is 2.61. The summed E-state index contributed by atoms with van der Waals surface area (Å²) in [6, 6.07) is 6.68. The van der Waals surface area contributed by atoms with E-state index < -0.39 is 5.60 Å². The molecule has 4 heteroatoms. The molecule has 2 nitrogen and oxygen atoms in total. The average Bonchev–Trinajstić information content (AvgIpc) is 2.95. The van der Waals surface area contributed by atoms with E-state index in [1.807, 2.05) is 19.9 Å². The number of hydrogen-bond donors (Lipinski definition) is 1. The SMILES string of the molecule is C#C/C=C\c1c(C)n(C2=CCCC=C2)c2cc(BSC(C)(C)C(C)(C)O)ccc12. The van der Waals surface area contributed by atoms with E-state index in [2.05, 4.69) is 67.7 Å². The van der Waals surface area contributed by atoms with E-state index in [9.17, 15) is 5.11 Å². The lowest BCUT2D eigenvalue weighted by molar-refractivity contribution is 0.0497. The summed E-state index contributed by atoms with van der Waals surface area (Å²) < 4.78 is 2.10. The van der Waals surface area contributed by atoms with Crippen LogP contribution >= 0.6 is 11.6 Å². The normalized spacial score (nSPS) is 15.0. The van der Waals surface area contributed by atoms with E-state index >= 15 is 0 Å². The average molecular weight is 403 g/mol. The Morgan fingerprint density at radius 3 is 2.62 bits per heavy atom. The highest BCUT2D eigenvalue weighted by molar-refractivity contribution is 8.24. The molecule has 0 saturated heterocycles. The third kappa shape index (κ3) is 4.42. The number of benzene rings is 1. The molecular formula is C25H30BNOS. The van der Waals surface area contributed by atoms with Gasteiger partial charge in [0.25, 0.3) is 0 Å². The fourth-order valence-electron chi connectivity index (χ4n) is 3.46. The molecule has 0 bridgehead atoms. The molecule has 0 saturated carbocycles. The third-order valence-electron chi connectivity index (χ3n) is 5.97. The van der Waals surface area contributed by atoms with Crippen molar-refractivity contribution in [1.29, 1.82) is 0 Å². The first kappa shape index (κ1) is 21.6. The molecule has 0 fully saturated rings. The van der Waals surface area contributed by atoms with Gasteiger partial charge in [0.15, 0.2) is 0 Å². The second-order valence-corrected chi connectivity index (χ2v) is 10.3. The summed E-state index contributed by atoms with van der Waals surface area (Å²) in [5.41, 5.74) is 5.31. The molecule has 0 atom stereocenters. The van der Waals surface area contributed by atoms with Crippen molar-refractivity contribution < 1.29 is 5.11 Å². The molecule has 1 N–H and O–H groups in total. The molecular weight excluding hydrogens is 373 g/mol. The summed E-state index contributed by atoms with van der Waals surface area (Å²) in [7, 11) is 0. The molecule has 0 amide bonds. The largest absolute Gasteiger partial charge is 0.389 e. The molecule has 1 heterocycles. The highest BCUT2D eigenvalue weighted by Gasteiger charge is 2.35. The first-order valence-electron chi connectivity index (χ1n) is 10.2. The van der Waals surface area contributed by atoms with Crippen molar-refractivity contribution in [3.05, 3.63) is 53.8 Å². The quantitative estimate of drug-likeness (QED) is 0.540. The van der Waals surface area contributed by atoms with Gasteiger partial charge in [-0.2, -0.15) is 11.6 Å². The van der Waals surface area contributed by atoms with Gasteiger partial charge in [-0.3, -0.25) is 0 Å². The molecule has 1 aliphatic carbocycles. The highest BCUT2D eigenvalue weighted by Crippen LogP contribution is 2.35. The van der Waals surface area contributed by atoms with Crippen LogP contribution in [-0.2, 0) is 0 Å². The zero-order chi connectivity index (χ0) is 21.2. The molecule has 0 aliphatic heterocycles. The van der Waals surface area contributed by atoms with Gasteiger partial charge in [-0.05, 0) is 71.8 Å². The molecule has 1 aliphatic rings. The van der Waals surface area contributed by atoms with Crippen molar-refractivity contribution in [2.45, 2.75) is 57.8 Å². The Bertz CT molecular complexity index is 1040. The Kier molecular flexibility index (Phi) is 6.22. The number of aliphatic hydroxyl groups is 1. The van der Waals surface area contributed by atoms with E-state index in [1.54, 1.807) is 17.7 Å². The number of terminal acetylenes is 1. The van der Waals surface area contributed by atoms with Crippen LogP contribution in [0, 0.1) is 19.3 Å². The summed E-state index contributed by atoms with van der Waals surface area (Å²) >= 11 is 1.79. The maximum atomic E-state index is 10.5. The van der Waals surface area contributed by atoms with Gasteiger partial charge in [-0.1, -0.05) is 35.7 Å². The van der Waals surface area contributed by atoms with Crippen molar-refractivity contribution in [2.24, 2.45) is 0 Å². The number of hydrogen-bond acceptors (Lipinski definition) is 2. The maximum Gasteiger partial charge on any atom is 0.225 e. The number of fused-ring (bicyclic) bond motifs is 1. The lowest BCUT2D eigenvalue weighted by Gasteiger charge is -2.37. The Morgan fingerprint density at radius 1 is 1.24 bits per heavy atom. The molecule has 150 valence electrons. The fourth-order valence-corrected chi connectivity index (χ4v) is 4.52. The van der Waals surface area contributed by atoms with Crippen LogP contribution in [0.3, 0.4) is 0 Å². The van der Waals surface area contributed by atoms with Gasteiger partial charge in [0.1, 0.15) is 0 Å². The predicted octanol–water partition coefficient (Wildman–Crippen LogP) is 5.05. The van der Waals surface area contributed by atoms with E-state index in [0.29, 0.717) is 0 Å². The number of allylic oxidation sites excluding steroid dienone is 5. The number of rotatable bonds is 6. The first-order chi connectivity index (χ1) is 13.7. The zero-order valence-corrected chi connectivity index (χ0v) is 18.9. The molecule has 2 aromatic rings. The van der Waals surface area contributed by atoms with Crippen molar-refractivity contribution in [3.63, 3.8) is 0 Å². The van der Waals surface area contributed by atoms with Crippen LogP contribution in [0.15, 0.2) is 42.5 Å². The van der Waals surface area contributed by atoms with Gasteiger partial charge in [0.05, 0.1) is 11.1 Å². The molecule has 1 aromatic heterocycles. The van der Waals surface area contributed by atoms with Crippen LogP contribution < -0.4 is 5.46 Å². The minimum atomic E-state index is -0.747. The van der Waals surface area contributed by atoms with E-state index in [1.165, 1.54) is 33.3 Å². The van der Waals surface area contributed by atoms with Crippen LogP contribution in [0.2, 0.25) is 0 Å². The van der Waals surface area contributed by atoms with Crippen molar-refractivity contribution in [3.8, 4) is 12.3 Å². The second-order valence-electron chi connectivity index (χ2n) is 8.65. The van der Waals surface area contributed by atoms with Crippen LogP contribution in [0.25, 0.3) is 22.7 Å². The van der Waals surface area contributed by atoms with Gasteiger partial charge in [0.2, 0.25) is 6.56 Å². The minimum Gasteiger partial charge on any atom is -0.389 e. The van der Waals surface area contributed by atoms with Crippen molar-refractivity contribution in [2.75, 3.05) is 0 Å². The highest BCUT2D eigenvalue weighted by atomic mass is 32.2. The lowest BCUT2D eigenvalue weighted by Crippen LogP contribution is -2.43. The number of aromatic nitrogens is 1. The summed E-state index contributed by atoms with van der Waals surface area (Å²) in [6.45, 7) is 11.0. The molecule has 1 aromatic carbocycles. The lowest BCUT2D eigenvalue weighted by atomic mass is 9.92. The van der Waals surface area contributed by atoms with Crippen molar-refractivity contribution in [1.82, 2.24) is 4.57 Å². The van der Waals surface area contributed by atoms with Gasteiger partial charge in [-0.15, -0.1) is 6.42 Å².